The van der Waals surface area contributed by atoms with Gasteiger partial charge in [0.25, 0.3) is 0 Å². The number of ether oxygens (including phenoxy) is 2. The minimum Gasteiger partial charge on any atom is -0.454 e. The molecule has 164 valence electrons. The van der Waals surface area contributed by atoms with E-state index in [1.54, 1.807) is 46.6 Å². The second-order valence-corrected chi connectivity index (χ2v) is 9.23. The van der Waals surface area contributed by atoms with Gasteiger partial charge in [-0.1, -0.05) is 29.8 Å². The highest BCUT2D eigenvalue weighted by Gasteiger charge is 2.27. The molecule has 2 amide bonds. The molecule has 8 heteroatoms. The van der Waals surface area contributed by atoms with Gasteiger partial charge < -0.3 is 19.7 Å². The summed E-state index contributed by atoms with van der Waals surface area (Å²) in [5.74, 6) is 1.08. The number of carbonyl (C=O) groups is 2. The number of benzene rings is 2. The van der Waals surface area contributed by atoms with Crippen LogP contribution in [0.25, 0.3) is 16.2 Å². The van der Waals surface area contributed by atoms with Gasteiger partial charge in [-0.2, -0.15) is 0 Å². The molecule has 1 aromatic heterocycles. The molecule has 0 saturated carbocycles. The van der Waals surface area contributed by atoms with E-state index in [1.165, 1.54) is 0 Å². The number of amides is 2. The minimum absolute atomic E-state index is 0.0384. The monoisotopic (exact) mass is 468 g/mol. The highest BCUT2D eigenvalue weighted by atomic mass is 35.5. The Balaban J connectivity index is 1.16. The summed E-state index contributed by atoms with van der Waals surface area (Å²) in [6.45, 7) is 1.29. The maximum absolute atomic E-state index is 12.7. The third kappa shape index (κ3) is 4.18. The Hall–Kier alpha value is -3.03. The molecular formula is C24H21ClN2O4S. The van der Waals surface area contributed by atoms with E-state index in [-0.39, 0.29) is 24.5 Å². The third-order valence-corrected chi connectivity index (χ3v) is 7.41. The van der Waals surface area contributed by atoms with Gasteiger partial charge in [0.2, 0.25) is 18.6 Å². The molecule has 3 aromatic rings. The molecular weight excluding hydrogens is 448 g/mol. The van der Waals surface area contributed by atoms with Crippen molar-refractivity contribution in [3.05, 3.63) is 58.4 Å². The van der Waals surface area contributed by atoms with Crippen molar-refractivity contribution < 1.29 is 19.1 Å². The van der Waals surface area contributed by atoms with Gasteiger partial charge in [0.1, 0.15) is 0 Å². The van der Waals surface area contributed by atoms with Crippen LogP contribution in [-0.2, 0) is 9.59 Å². The van der Waals surface area contributed by atoms with E-state index >= 15 is 0 Å². The van der Waals surface area contributed by atoms with Crippen LogP contribution in [0.5, 0.6) is 11.5 Å². The molecule has 0 radical (unpaired) electrons. The first-order chi connectivity index (χ1) is 15.6. The number of hydrogen-bond acceptors (Lipinski definition) is 5. The van der Waals surface area contributed by atoms with E-state index in [0.29, 0.717) is 48.1 Å². The van der Waals surface area contributed by atoms with Gasteiger partial charge in [0.05, 0.1) is 5.02 Å². The molecule has 6 nitrogen and oxygen atoms in total. The Kier molecular flexibility index (Phi) is 5.76. The largest absolute Gasteiger partial charge is 0.454 e. The first-order valence-corrected chi connectivity index (χ1v) is 11.6. The van der Waals surface area contributed by atoms with E-state index in [1.807, 2.05) is 24.3 Å². The molecule has 5 rings (SSSR count). The van der Waals surface area contributed by atoms with Crippen molar-refractivity contribution in [1.29, 1.82) is 0 Å². The van der Waals surface area contributed by atoms with Crippen molar-refractivity contribution in [2.24, 2.45) is 5.92 Å². The van der Waals surface area contributed by atoms with Crippen molar-refractivity contribution >= 4 is 56.6 Å². The summed E-state index contributed by atoms with van der Waals surface area (Å²) < 4.78 is 11.7. The normalized spacial score (nSPS) is 16.1. The maximum atomic E-state index is 12.7. The Morgan fingerprint density at radius 1 is 1.09 bits per heavy atom. The quantitative estimate of drug-likeness (QED) is 0.536. The molecule has 0 aliphatic carbocycles. The number of thiophene rings is 1. The van der Waals surface area contributed by atoms with E-state index in [2.05, 4.69) is 5.32 Å². The molecule has 1 fully saturated rings. The predicted octanol–water partition coefficient (Wildman–Crippen LogP) is 5.17. The van der Waals surface area contributed by atoms with E-state index in [0.717, 1.165) is 15.0 Å². The lowest BCUT2D eigenvalue weighted by Gasteiger charge is -2.30. The summed E-state index contributed by atoms with van der Waals surface area (Å²) in [6, 6.07) is 13.3. The molecule has 0 atom stereocenters. The number of nitrogens with zero attached hydrogens (tertiary/aromatic N) is 1. The van der Waals surface area contributed by atoms with Gasteiger partial charge in [-0.25, -0.2) is 0 Å². The Labute approximate surface area is 194 Å². The molecule has 0 spiro atoms. The fraction of sp³-hybridized carbons (Fsp3) is 0.250. The fourth-order valence-electron chi connectivity index (χ4n) is 3.97. The zero-order chi connectivity index (χ0) is 22.1. The van der Waals surface area contributed by atoms with Gasteiger partial charge in [0, 0.05) is 51.8 Å². The summed E-state index contributed by atoms with van der Waals surface area (Å²) in [7, 11) is 0. The second kappa shape index (κ2) is 8.84. The SMILES string of the molecule is O=C(Nc1ccc2c(c1)OCO2)C1CCN(C(=O)C=Cc2sc3ccccc3c2Cl)CC1. The zero-order valence-electron chi connectivity index (χ0n) is 17.2. The van der Waals surface area contributed by atoms with Gasteiger partial charge >= 0.3 is 0 Å². The van der Waals surface area contributed by atoms with Gasteiger partial charge in [0.15, 0.2) is 11.5 Å². The summed E-state index contributed by atoms with van der Waals surface area (Å²) in [6.07, 6.45) is 4.61. The molecule has 32 heavy (non-hydrogen) atoms. The fourth-order valence-corrected chi connectivity index (χ4v) is 5.37. The number of nitrogens with one attached hydrogen (secondary N) is 1. The van der Waals surface area contributed by atoms with E-state index < -0.39 is 0 Å². The lowest BCUT2D eigenvalue weighted by atomic mass is 9.95. The number of fused-ring (bicyclic) bond motifs is 2. The molecule has 0 unspecified atom stereocenters. The Morgan fingerprint density at radius 3 is 2.69 bits per heavy atom. The van der Waals surface area contributed by atoms with E-state index in [4.69, 9.17) is 21.1 Å². The third-order valence-electron chi connectivity index (χ3n) is 5.75. The molecule has 0 bridgehead atoms. The minimum atomic E-state index is -0.134. The van der Waals surface area contributed by atoms with Gasteiger partial charge in [-0.05, 0) is 37.1 Å². The number of piperidine rings is 1. The summed E-state index contributed by atoms with van der Waals surface area (Å²) in [5.41, 5.74) is 0.681. The average Bonchev–Trinajstić information content (AvgIpc) is 3.41. The van der Waals surface area contributed by atoms with Crippen LogP contribution < -0.4 is 14.8 Å². The number of rotatable bonds is 4. The standard InChI is InChI=1S/C24H21ClN2O4S/c25-23-17-3-1-2-4-20(17)32-21(23)7-8-22(28)27-11-9-15(10-12-27)24(29)26-16-5-6-18-19(13-16)31-14-30-18/h1-8,13,15H,9-12,14H2,(H,26,29). The van der Waals surface area contributed by atoms with Gasteiger partial charge in [-0.3, -0.25) is 9.59 Å². The van der Waals surface area contributed by atoms with Crippen LogP contribution in [0.3, 0.4) is 0 Å². The number of halogens is 1. The van der Waals surface area contributed by atoms with Crippen LogP contribution in [-0.4, -0.2) is 36.6 Å². The van der Waals surface area contributed by atoms with Crippen molar-refractivity contribution in [3.8, 4) is 11.5 Å². The highest BCUT2D eigenvalue weighted by Crippen LogP contribution is 2.36. The van der Waals surface area contributed by atoms with Crippen molar-refractivity contribution in [3.63, 3.8) is 0 Å². The van der Waals surface area contributed by atoms with Crippen LogP contribution >= 0.6 is 22.9 Å². The molecule has 1 saturated heterocycles. The van der Waals surface area contributed by atoms with Crippen LogP contribution in [0, 0.1) is 5.92 Å². The lowest BCUT2D eigenvalue weighted by molar-refractivity contribution is -0.130. The van der Waals surface area contributed by atoms with E-state index in [9.17, 15) is 9.59 Å². The molecule has 2 aliphatic heterocycles. The molecule has 3 heterocycles. The van der Waals surface area contributed by atoms with Crippen LogP contribution in [0.1, 0.15) is 17.7 Å². The Morgan fingerprint density at radius 2 is 1.88 bits per heavy atom. The topological polar surface area (TPSA) is 67.9 Å². The summed E-state index contributed by atoms with van der Waals surface area (Å²) in [4.78, 5) is 28.0. The zero-order valence-corrected chi connectivity index (χ0v) is 18.7. The van der Waals surface area contributed by atoms with Crippen molar-refractivity contribution in [2.45, 2.75) is 12.8 Å². The molecule has 1 N–H and O–H groups in total. The predicted molar refractivity (Wildman–Crippen MR) is 126 cm³/mol. The summed E-state index contributed by atoms with van der Waals surface area (Å²) in [5, 5.41) is 4.62. The molecule has 2 aromatic carbocycles. The number of anilines is 1. The van der Waals surface area contributed by atoms with Crippen molar-refractivity contribution in [2.75, 3.05) is 25.2 Å². The highest BCUT2D eigenvalue weighted by molar-refractivity contribution is 7.20. The number of likely N-dealkylation sites (tertiary alicyclic amines) is 1. The second-order valence-electron chi connectivity index (χ2n) is 7.77. The maximum Gasteiger partial charge on any atom is 0.246 e. The van der Waals surface area contributed by atoms with Gasteiger partial charge in [-0.15, -0.1) is 11.3 Å². The first-order valence-electron chi connectivity index (χ1n) is 10.4. The smallest absolute Gasteiger partial charge is 0.246 e. The Bertz CT molecular complexity index is 1210. The van der Waals surface area contributed by atoms with Crippen LogP contribution in [0.4, 0.5) is 5.69 Å². The van der Waals surface area contributed by atoms with Crippen LogP contribution in [0.15, 0.2) is 48.5 Å². The molecule has 2 aliphatic rings. The first kappa shape index (κ1) is 20.8. The summed E-state index contributed by atoms with van der Waals surface area (Å²) >= 11 is 8.02. The number of carbonyl (C=O) groups excluding carboxylic acids is 2. The van der Waals surface area contributed by atoms with Crippen molar-refractivity contribution in [1.82, 2.24) is 4.90 Å². The average molecular weight is 469 g/mol. The number of hydrogen-bond donors (Lipinski definition) is 1. The van der Waals surface area contributed by atoms with Crippen LogP contribution in [0.2, 0.25) is 5.02 Å². The lowest BCUT2D eigenvalue weighted by Crippen LogP contribution is -2.40.